The van der Waals surface area contributed by atoms with E-state index < -0.39 is 5.97 Å². The van der Waals surface area contributed by atoms with E-state index in [1.807, 2.05) is 6.07 Å². The summed E-state index contributed by atoms with van der Waals surface area (Å²) in [6.45, 7) is 2.29. The molecule has 1 aliphatic carbocycles. The number of rotatable bonds is 8. The van der Waals surface area contributed by atoms with Gasteiger partial charge in [0.05, 0.1) is 22.2 Å². The zero-order valence-electron chi connectivity index (χ0n) is 17.6. The predicted octanol–water partition coefficient (Wildman–Crippen LogP) is 4.86. The molecule has 0 atom stereocenters. The quantitative estimate of drug-likeness (QED) is 0.256. The summed E-state index contributed by atoms with van der Waals surface area (Å²) in [4.78, 5) is 38.7. The van der Waals surface area contributed by atoms with Gasteiger partial charge in [0.15, 0.2) is 18.1 Å². The highest BCUT2D eigenvalue weighted by molar-refractivity contribution is 14.1. The molecule has 0 unspecified atom stereocenters. The molecule has 1 heterocycles. The first-order valence-corrected chi connectivity index (χ1v) is 12.2. The molecule has 7 nitrogen and oxygen atoms in total. The Balaban J connectivity index is 1.74. The second-order valence-corrected chi connectivity index (χ2v) is 9.58. The van der Waals surface area contributed by atoms with E-state index in [1.54, 1.807) is 19.1 Å². The Bertz CT molecular complexity index is 881. The summed E-state index contributed by atoms with van der Waals surface area (Å²) in [6.07, 6.45) is 7.41. The van der Waals surface area contributed by atoms with E-state index in [4.69, 9.17) is 14.2 Å². The van der Waals surface area contributed by atoms with E-state index in [2.05, 4.69) is 22.6 Å². The number of ether oxygens (including phenoxy) is 3. The first kappa shape index (κ1) is 23.9. The molecule has 2 fully saturated rings. The lowest BCUT2D eigenvalue weighted by Crippen LogP contribution is -2.34. The molecule has 1 aromatic rings. The van der Waals surface area contributed by atoms with Crippen molar-refractivity contribution in [2.45, 2.75) is 39.0 Å². The molecule has 9 heteroatoms. The lowest BCUT2D eigenvalue weighted by Gasteiger charge is -2.25. The zero-order valence-corrected chi connectivity index (χ0v) is 20.6. The highest BCUT2D eigenvalue weighted by Gasteiger charge is 2.36. The van der Waals surface area contributed by atoms with Crippen LogP contribution in [0.1, 0.15) is 44.6 Å². The largest absolute Gasteiger partial charge is 0.493 e. The van der Waals surface area contributed by atoms with Crippen LogP contribution in [0.4, 0.5) is 4.79 Å². The lowest BCUT2D eigenvalue weighted by atomic mass is 9.89. The number of hydrogen-bond donors (Lipinski definition) is 0. The monoisotopic (exact) mass is 559 g/mol. The molecule has 1 aromatic carbocycles. The SMILES string of the molecule is CCOC(=O)COc1c(I)cc(/C=C2/SC(=O)N(CC3CCCCC3)C2=O)cc1OC. The number of thioether (sulfide) groups is 1. The molecule has 2 amide bonds. The molecular weight excluding hydrogens is 533 g/mol. The Morgan fingerprint density at radius 2 is 2.00 bits per heavy atom. The van der Waals surface area contributed by atoms with Gasteiger partial charge in [-0.15, -0.1) is 0 Å². The average Bonchev–Trinajstić information content (AvgIpc) is 3.01. The van der Waals surface area contributed by atoms with Crippen molar-refractivity contribution in [3.8, 4) is 11.5 Å². The number of carbonyl (C=O) groups is 3. The maximum atomic E-state index is 12.8. The minimum Gasteiger partial charge on any atom is -0.493 e. The normalized spacial score (nSPS) is 18.5. The van der Waals surface area contributed by atoms with E-state index in [0.29, 0.717) is 38.0 Å². The fourth-order valence-electron chi connectivity index (χ4n) is 3.73. The number of esters is 1. The van der Waals surface area contributed by atoms with Crippen molar-refractivity contribution in [3.63, 3.8) is 0 Å². The van der Waals surface area contributed by atoms with Gasteiger partial charge in [0, 0.05) is 6.54 Å². The number of nitrogens with zero attached hydrogens (tertiary/aromatic N) is 1. The fourth-order valence-corrected chi connectivity index (χ4v) is 5.36. The van der Waals surface area contributed by atoms with Gasteiger partial charge in [0.25, 0.3) is 11.1 Å². The first-order chi connectivity index (χ1) is 14.9. The molecule has 1 saturated carbocycles. The molecule has 0 spiro atoms. The number of benzene rings is 1. The summed E-state index contributed by atoms with van der Waals surface area (Å²) in [5.74, 6) is 0.564. The number of hydrogen-bond acceptors (Lipinski definition) is 7. The van der Waals surface area contributed by atoms with Gasteiger partial charge in [-0.2, -0.15) is 0 Å². The van der Waals surface area contributed by atoms with Gasteiger partial charge in [-0.05, 0) is 83.8 Å². The van der Waals surface area contributed by atoms with E-state index in [-0.39, 0.29) is 24.4 Å². The van der Waals surface area contributed by atoms with Crippen LogP contribution in [0, 0.1) is 9.49 Å². The highest BCUT2D eigenvalue weighted by Crippen LogP contribution is 2.38. The Labute approximate surface area is 200 Å². The van der Waals surface area contributed by atoms with Crippen LogP contribution in [0.3, 0.4) is 0 Å². The van der Waals surface area contributed by atoms with E-state index in [0.717, 1.165) is 24.6 Å². The first-order valence-electron chi connectivity index (χ1n) is 10.3. The van der Waals surface area contributed by atoms with Gasteiger partial charge in [-0.1, -0.05) is 19.3 Å². The third kappa shape index (κ3) is 6.15. The number of amides is 2. The van der Waals surface area contributed by atoms with Crippen LogP contribution in [0.25, 0.3) is 6.08 Å². The smallest absolute Gasteiger partial charge is 0.344 e. The molecule has 0 N–H and O–H groups in total. The maximum absolute atomic E-state index is 12.8. The van der Waals surface area contributed by atoms with Crippen molar-refractivity contribution in [1.82, 2.24) is 4.90 Å². The van der Waals surface area contributed by atoms with Crippen molar-refractivity contribution in [1.29, 1.82) is 0 Å². The number of methoxy groups -OCH3 is 1. The van der Waals surface area contributed by atoms with Crippen LogP contribution in [0.15, 0.2) is 17.0 Å². The second kappa shape index (κ2) is 11.2. The van der Waals surface area contributed by atoms with Gasteiger partial charge >= 0.3 is 5.97 Å². The van der Waals surface area contributed by atoms with Crippen molar-refractivity contribution >= 4 is 57.5 Å². The third-order valence-electron chi connectivity index (χ3n) is 5.23. The minimum atomic E-state index is -0.462. The standard InChI is InChI=1S/C22H26INO6S/c1-3-29-19(25)13-30-20-16(23)9-15(10-17(20)28-2)11-18-21(26)24(22(27)31-18)12-14-7-5-4-6-8-14/h9-11,14H,3-8,12-13H2,1-2H3/b18-11+. The molecular formula is C22H26INO6S. The minimum absolute atomic E-state index is 0.210. The third-order valence-corrected chi connectivity index (χ3v) is 6.94. The number of halogens is 1. The van der Waals surface area contributed by atoms with Crippen molar-refractivity contribution in [2.24, 2.45) is 5.92 Å². The summed E-state index contributed by atoms with van der Waals surface area (Å²) in [5.41, 5.74) is 0.716. The van der Waals surface area contributed by atoms with E-state index >= 15 is 0 Å². The topological polar surface area (TPSA) is 82.1 Å². The molecule has 0 radical (unpaired) electrons. The summed E-state index contributed by atoms with van der Waals surface area (Å²) in [6, 6.07) is 3.54. The van der Waals surface area contributed by atoms with Crippen molar-refractivity contribution in [3.05, 3.63) is 26.2 Å². The van der Waals surface area contributed by atoms with E-state index in [1.165, 1.54) is 31.3 Å². The van der Waals surface area contributed by atoms with Gasteiger partial charge in [-0.3, -0.25) is 14.5 Å². The molecule has 1 aliphatic heterocycles. The Hall–Kier alpha value is -1.75. The molecule has 1 saturated heterocycles. The predicted molar refractivity (Wildman–Crippen MR) is 127 cm³/mol. The second-order valence-electron chi connectivity index (χ2n) is 7.42. The average molecular weight is 559 g/mol. The number of imide groups is 1. The molecule has 168 valence electrons. The van der Waals surface area contributed by atoms with Crippen LogP contribution < -0.4 is 9.47 Å². The summed E-state index contributed by atoms with van der Waals surface area (Å²) in [5, 5.41) is -0.210. The molecule has 0 bridgehead atoms. The maximum Gasteiger partial charge on any atom is 0.344 e. The zero-order chi connectivity index (χ0) is 22.4. The van der Waals surface area contributed by atoms with Crippen LogP contribution in [0.2, 0.25) is 0 Å². The molecule has 31 heavy (non-hydrogen) atoms. The van der Waals surface area contributed by atoms with Gasteiger partial charge in [0.2, 0.25) is 0 Å². The van der Waals surface area contributed by atoms with Crippen LogP contribution in [-0.2, 0) is 14.3 Å². The Morgan fingerprint density at radius 3 is 2.68 bits per heavy atom. The van der Waals surface area contributed by atoms with Gasteiger partial charge < -0.3 is 14.2 Å². The van der Waals surface area contributed by atoms with Crippen LogP contribution >= 0.6 is 34.4 Å². The van der Waals surface area contributed by atoms with Crippen LogP contribution in [-0.4, -0.2) is 48.9 Å². The number of carbonyl (C=O) groups excluding carboxylic acids is 3. The molecule has 2 aliphatic rings. The Morgan fingerprint density at radius 1 is 1.26 bits per heavy atom. The van der Waals surface area contributed by atoms with E-state index in [9.17, 15) is 14.4 Å². The van der Waals surface area contributed by atoms with Crippen molar-refractivity contribution in [2.75, 3.05) is 26.9 Å². The highest BCUT2D eigenvalue weighted by atomic mass is 127. The molecule has 3 rings (SSSR count). The Kier molecular flexibility index (Phi) is 8.65. The van der Waals surface area contributed by atoms with Gasteiger partial charge in [0.1, 0.15) is 0 Å². The summed E-state index contributed by atoms with van der Waals surface area (Å²) < 4.78 is 16.6. The lowest BCUT2D eigenvalue weighted by molar-refractivity contribution is -0.145. The fraction of sp³-hybridized carbons (Fsp3) is 0.500. The van der Waals surface area contributed by atoms with Crippen LogP contribution in [0.5, 0.6) is 11.5 Å². The molecule has 0 aromatic heterocycles. The van der Waals surface area contributed by atoms with Gasteiger partial charge in [-0.25, -0.2) is 4.79 Å². The van der Waals surface area contributed by atoms with Crippen molar-refractivity contribution < 1.29 is 28.6 Å². The summed E-state index contributed by atoms with van der Waals surface area (Å²) in [7, 11) is 1.50. The summed E-state index contributed by atoms with van der Waals surface area (Å²) >= 11 is 3.06.